The van der Waals surface area contributed by atoms with Crippen LogP contribution in [0.5, 0.6) is 5.75 Å². The normalized spacial score (nSPS) is 23.8. The number of benzene rings is 2. The zero-order valence-electron chi connectivity index (χ0n) is 20.0. The molecule has 4 aliphatic rings. The molecule has 3 aromatic rings. The van der Waals surface area contributed by atoms with Gasteiger partial charge in [0.1, 0.15) is 6.17 Å². The lowest BCUT2D eigenvalue weighted by molar-refractivity contribution is -0.132. The van der Waals surface area contributed by atoms with Crippen LogP contribution >= 0.6 is 11.8 Å². The minimum atomic E-state index is -0.950. The van der Waals surface area contributed by atoms with Crippen LogP contribution in [0.15, 0.2) is 58.4 Å². The molecule has 1 N–H and O–H groups in total. The third-order valence-corrected chi connectivity index (χ3v) is 9.14. The molecule has 7 rings (SSSR count). The summed E-state index contributed by atoms with van der Waals surface area (Å²) in [6.07, 6.45) is 1.73. The van der Waals surface area contributed by atoms with Gasteiger partial charge < -0.3 is 14.9 Å². The Morgan fingerprint density at radius 1 is 0.947 bits per heavy atom. The first-order chi connectivity index (χ1) is 18.3. The summed E-state index contributed by atoms with van der Waals surface area (Å²) >= 11 is 1.39. The summed E-state index contributed by atoms with van der Waals surface area (Å²) < 4.78 is 31.1. The number of carbonyl (C=O) groups excluding carboxylic acids is 2. The van der Waals surface area contributed by atoms with Crippen LogP contribution in [0, 0.1) is 11.6 Å². The van der Waals surface area contributed by atoms with Crippen molar-refractivity contribution in [1.29, 1.82) is 0 Å². The van der Waals surface area contributed by atoms with Crippen molar-refractivity contribution in [3.8, 4) is 5.75 Å². The molecule has 5 heterocycles. The van der Waals surface area contributed by atoms with Crippen molar-refractivity contribution in [3.63, 3.8) is 0 Å². The number of amides is 2. The van der Waals surface area contributed by atoms with E-state index in [9.17, 15) is 23.9 Å². The molecule has 2 fully saturated rings. The third-order valence-electron chi connectivity index (χ3n) is 8.03. The van der Waals surface area contributed by atoms with Gasteiger partial charge in [-0.2, -0.15) is 0 Å². The monoisotopic (exact) mass is 536 g/mol. The summed E-state index contributed by atoms with van der Waals surface area (Å²) in [5.41, 5.74) is 0.635. The number of carbonyl (C=O) groups is 2. The molecule has 0 bridgehead atoms. The molecule has 0 unspecified atom stereocenters. The van der Waals surface area contributed by atoms with Gasteiger partial charge in [-0.1, -0.05) is 24.3 Å². The lowest BCUT2D eigenvalue weighted by Gasteiger charge is -2.54. The zero-order chi connectivity index (χ0) is 26.3. The minimum absolute atomic E-state index is 0.000868. The van der Waals surface area contributed by atoms with Crippen molar-refractivity contribution < 1.29 is 23.5 Å². The number of rotatable bonds is 1. The van der Waals surface area contributed by atoms with Gasteiger partial charge in [0.25, 0.3) is 5.91 Å². The van der Waals surface area contributed by atoms with Gasteiger partial charge in [-0.25, -0.2) is 8.78 Å². The van der Waals surface area contributed by atoms with Crippen molar-refractivity contribution in [2.45, 2.75) is 41.7 Å². The van der Waals surface area contributed by atoms with E-state index in [4.69, 9.17) is 0 Å². The quantitative estimate of drug-likeness (QED) is 0.515. The van der Waals surface area contributed by atoms with E-state index < -0.39 is 40.9 Å². The summed E-state index contributed by atoms with van der Waals surface area (Å²) in [6.45, 7) is 0.439. The van der Waals surface area contributed by atoms with Gasteiger partial charge in [-0.3, -0.25) is 24.1 Å². The standard InChI is InChI=1S/C27H22F2N4O4S/c28-18-7-6-15-17(23(18)29)13-38-20-4-2-1-3-16(20)24(15)33-21-12-30-14(5-8-22(30)35)11-31(21)27(37)25-26(36)19(34)9-10-32(25)33/h1-4,6-7,9-10,14,21,24,36H,5,8,11-13H2/t14-,21-,24+/m0/s1. The Labute approximate surface area is 220 Å². The lowest BCUT2D eigenvalue weighted by Crippen LogP contribution is -2.70. The third kappa shape index (κ3) is 3.17. The molecule has 0 saturated carbocycles. The predicted octanol–water partition coefficient (Wildman–Crippen LogP) is 2.95. The van der Waals surface area contributed by atoms with Gasteiger partial charge in [0.2, 0.25) is 11.3 Å². The summed E-state index contributed by atoms with van der Waals surface area (Å²) in [4.78, 5) is 43.2. The highest BCUT2D eigenvalue weighted by atomic mass is 32.2. The largest absolute Gasteiger partial charge is 0.502 e. The molecule has 194 valence electrons. The Morgan fingerprint density at radius 3 is 2.61 bits per heavy atom. The van der Waals surface area contributed by atoms with Crippen LogP contribution in [0.2, 0.25) is 0 Å². The van der Waals surface area contributed by atoms with Gasteiger partial charge in [0.05, 0.1) is 18.6 Å². The fourth-order valence-electron chi connectivity index (χ4n) is 6.24. The second-order valence-electron chi connectivity index (χ2n) is 9.94. The number of piperazine rings is 1. The Kier molecular flexibility index (Phi) is 5.10. The van der Waals surface area contributed by atoms with Crippen LogP contribution in [0.4, 0.5) is 8.78 Å². The fraction of sp³-hybridized carbons (Fsp3) is 0.296. The van der Waals surface area contributed by atoms with Crippen molar-refractivity contribution in [2.75, 3.05) is 18.1 Å². The average molecular weight is 537 g/mol. The van der Waals surface area contributed by atoms with Gasteiger partial charge in [-0.05, 0) is 29.7 Å². The van der Waals surface area contributed by atoms with Crippen molar-refractivity contribution in [3.05, 3.63) is 92.9 Å². The molecule has 0 spiro atoms. The summed E-state index contributed by atoms with van der Waals surface area (Å²) in [7, 11) is 0. The Morgan fingerprint density at radius 2 is 1.76 bits per heavy atom. The molecule has 2 amide bonds. The van der Waals surface area contributed by atoms with E-state index in [-0.39, 0.29) is 42.0 Å². The molecule has 4 aliphatic heterocycles. The first-order valence-corrected chi connectivity index (χ1v) is 13.4. The van der Waals surface area contributed by atoms with Crippen LogP contribution in [-0.2, 0) is 10.5 Å². The number of hydrogen-bond donors (Lipinski definition) is 1. The van der Waals surface area contributed by atoms with Crippen molar-refractivity contribution >= 4 is 23.6 Å². The summed E-state index contributed by atoms with van der Waals surface area (Å²) in [5, 5.41) is 12.6. The van der Waals surface area contributed by atoms with Crippen LogP contribution in [0.3, 0.4) is 0 Å². The number of hydrogen-bond acceptors (Lipinski definition) is 6. The number of halogens is 2. The molecule has 8 nitrogen and oxygen atoms in total. The molecule has 0 aliphatic carbocycles. The summed E-state index contributed by atoms with van der Waals surface area (Å²) in [6, 6.07) is 10.5. The first-order valence-electron chi connectivity index (χ1n) is 12.4. The Hall–Kier alpha value is -3.86. The van der Waals surface area contributed by atoms with E-state index in [2.05, 4.69) is 0 Å². The van der Waals surface area contributed by atoms with E-state index in [1.807, 2.05) is 29.3 Å². The number of nitrogens with zero attached hydrogens (tertiary/aromatic N) is 4. The highest BCUT2D eigenvalue weighted by molar-refractivity contribution is 7.98. The minimum Gasteiger partial charge on any atom is -0.502 e. The maximum atomic E-state index is 15.3. The second-order valence-corrected chi connectivity index (χ2v) is 11.0. The number of pyridine rings is 1. The molecular weight excluding hydrogens is 514 g/mol. The SMILES string of the molecule is O=C1CC[C@H]2CN3C(=O)c4c(O)c(=O)ccn4N([C@H]4c5ccccc5SCc5c4ccc(F)c5F)[C@H]3CN12. The number of fused-ring (bicyclic) bond motifs is 5. The van der Waals surface area contributed by atoms with E-state index >= 15 is 4.39 Å². The first kappa shape index (κ1) is 23.3. The fourth-order valence-corrected chi connectivity index (χ4v) is 7.35. The molecule has 38 heavy (non-hydrogen) atoms. The molecule has 2 aromatic carbocycles. The number of aromatic hydroxyl groups is 1. The van der Waals surface area contributed by atoms with Crippen molar-refractivity contribution in [1.82, 2.24) is 14.5 Å². The predicted molar refractivity (Wildman–Crippen MR) is 134 cm³/mol. The van der Waals surface area contributed by atoms with Crippen LogP contribution in [0.25, 0.3) is 0 Å². The van der Waals surface area contributed by atoms with Crippen LogP contribution in [0.1, 0.15) is 46.1 Å². The average Bonchev–Trinajstić information content (AvgIpc) is 3.19. The van der Waals surface area contributed by atoms with Gasteiger partial charge in [0.15, 0.2) is 23.1 Å². The molecule has 1 aromatic heterocycles. The molecule has 2 saturated heterocycles. The van der Waals surface area contributed by atoms with Crippen molar-refractivity contribution in [2.24, 2.45) is 0 Å². The van der Waals surface area contributed by atoms with E-state index in [1.54, 1.807) is 15.9 Å². The van der Waals surface area contributed by atoms with Gasteiger partial charge in [0, 0.05) is 41.4 Å². The lowest BCUT2D eigenvalue weighted by atomic mass is 9.92. The van der Waals surface area contributed by atoms with Gasteiger partial charge >= 0.3 is 0 Å². The highest BCUT2D eigenvalue weighted by Crippen LogP contribution is 2.45. The summed E-state index contributed by atoms with van der Waals surface area (Å²) in [5.74, 6) is -2.87. The smallest absolute Gasteiger partial charge is 0.278 e. The maximum absolute atomic E-state index is 15.3. The van der Waals surface area contributed by atoms with E-state index in [1.165, 1.54) is 28.7 Å². The van der Waals surface area contributed by atoms with E-state index in [0.717, 1.165) is 16.5 Å². The number of aromatic nitrogens is 1. The Balaban J connectivity index is 1.52. The zero-order valence-corrected chi connectivity index (χ0v) is 20.8. The molecule has 0 radical (unpaired) electrons. The van der Waals surface area contributed by atoms with Gasteiger partial charge in [-0.15, -0.1) is 11.8 Å². The maximum Gasteiger partial charge on any atom is 0.278 e. The van der Waals surface area contributed by atoms with E-state index in [0.29, 0.717) is 18.4 Å². The number of thioether (sulfide) groups is 1. The molecule has 11 heteroatoms. The Bertz CT molecular complexity index is 1590. The topological polar surface area (TPSA) is 86.1 Å². The second kappa shape index (κ2) is 8.32. The van der Waals surface area contributed by atoms with Crippen LogP contribution < -0.4 is 10.4 Å². The molecule has 3 atom stereocenters. The van der Waals surface area contributed by atoms with Crippen LogP contribution in [-0.4, -0.2) is 56.7 Å². The highest BCUT2D eigenvalue weighted by Gasteiger charge is 2.51. The molecular formula is C27H22F2N4O4S.